The van der Waals surface area contributed by atoms with Crippen LogP contribution in [0.3, 0.4) is 0 Å². The zero-order valence-corrected chi connectivity index (χ0v) is 12.5. The number of pyridine rings is 1. The van der Waals surface area contributed by atoms with Crippen LogP contribution < -0.4 is 10.6 Å². The van der Waals surface area contributed by atoms with Gasteiger partial charge < -0.3 is 10.6 Å². The molecule has 4 heterocycles. The van der Waals surface area contributed by atoms with E-state index in [9.17, 15) is 0 Å². The Bertz CT molecular complexity index is 803. The number of aromatic nitrogens is 4. The smallest absolute Gasteiger partial charge is 0.145 e. The van der Waals surface area contributed by atoms with E-state index < -0.39 is 0 Å². The van der Waals surface area contributed by atoms with Crippen molar-refractivity contribution in [1.82, 2.24) is 24.7 Å². The van der Waals surface area contributed by atoms with E-state index in [1.165, 1.54) is 0 Å². The molecule has 22 heavy (non-hydrogen) atoms. The maximum Gasteiger partial charge on any atom is 0.145 e. The minimum Gasteiger partial charge on any atom is -0.362 e. The lowest BCUT2D eigenvalue weighted by Gasteiger charge is -2.25. The van der Waals surface area contributed by atoms with Crippen LogP contribution in [-0.4, -0.2) is 38.0 Å². The van der Waals surface area contributed by atoms with Gasteiger partial charge in [0, 0.05) is 18.3 Å². The number of nitrogens with zero attached hydrogens (tertiary/aromatic N) is 4. The Morgan fingerprint density at radius 3 is 3.09 bits per heavy atom. The van der Waals surface area contributed by atoms with Gasteiger partial charge in [0.1, 0.15) is 17.2 Å². The van der Waals surface area contributed by atoms with Crippen molar-refractivity contribution in [2.24, 2.45) is 0 Å². The van der Waals surface area contributed by atoms with Gasteiger partial charge in [-0.15, -0.1) is 0 Å². The fourth-order valence-electron chi connectivity index (χ4n) is 2.90. The Morgan fingerprint density at radius 2 is 2.23 bits per heavy atom. The van der Waals surface area contributed by atoms with Crippen molar-refractivity contribution in [1.29, 1.82) is 0 Å². The van der Waals surface area contributed by atoms with Gasteiger partial charge in [0.25, 0.3) is 0 Å². The number of rotatable bonds is 3. The first-order valence-electron chi connectivity index (χ1n) is 7.47. The summed E-state index contributed by atoms with van der Waals surface area (Å²) in [5.41, 5.74) is 2.71. The summed E-state index contributed by atoms with van der Waals surface area (Å²) in [5, 5.41) is 6.88. The first kappa shape index (κ1) is 13.2. The van der Waals surface area contributed by atoms with Gasteiger partial charge in [-0.1, -0.05) is 6.07 Å². The number of anilines is 1. The fraction of sp³-hybridized carbons (Fsp3) is 0.312. The van der Waals surface area contributed by atoms with E-state index in [0.29, 0.717) is 0 Å². The maximum absolute atomic E-state index is 4.71. The molecular weight excluding hydrogens is 276 g/mol. The molecule has 1 saturated heterocycles. The Kier molecular flexibility index (Phi) is 3.04. The van der Waals surface area contributed by atoms with Gasteiger partial charge in [-0.25, -0.2) is 9.97 Å². The highest BCUT2D eigenvalue weighted by atomic mass is 15.1. The average molecular weight is 294 g/mol. The van der Waals surface area contributed by atoms with E-state index in [1.54, 1.807) is 12.4 Å². The highest BCUT2D eigenvalue weighted by Crippen LogP contribution is 2.23. The molecule has 0 saturated carbocycles. The minimum absolute atomic E-state index is 0.0345. The first-order valence-corrected chi connectivity index (χ1v) is 7.47. The number of hydrogen-bond donors (Lipinski definition) is 2. The molecule has 1 unspecified atom stereocenters. The van der Waals surface area contributed by atoms with Crippen molar-refractivity contribution in [2.75, 3.05) is 18.4 Å². The molecular formula is C16H18N6. The third-order valence-corrected chi connectivity index (χ3v) is 4.11. The number of imidazole rings is 1. The number of nitrogens with one attached hydrogen (secondary N) is 2. The topological polar surface area (TPSA) is 67.1 Å². The monoisotopic (exact) mass is 294 g/mol. The van der Waals surface area contributed by atoms with Gasteiger partial charge in [0.15, 0.2) is 0 Å². The molecule has 0 radical (unpaired) electrons. The van der Waals surface area contributed by atoms with Crippen LogP contribution in [0, 0.1) is 0 Å². The van der Waals surface area contributed by atoms with Gasteiger partial charge >= 0.3 is 0 Å². The van der Waals surface area contributed by atoms with Crippen LogP contribution in [0.5, 0.6) is 0 Å². The predicted molar refractivity (Wildman–Crippen MR) is 85.7 cm³/mol. The van der Waals surface area contributed by atoms with E-state index in [4.69, 9.17) is 4.98 Å². The first-order chi connectivity index (χ1) is 10.7. The van der Waals surface area contributed by atoms with Crippen molar-refractivity contribution in [2.45, 2.75) is 18.9 Å². The zero-order valence-electron chi connectivity index (χ0n) is 12.5. The lowest BCUT2D eigenvalue weighted by Crippen LogP contribution is -2.37. The molecule has 6 nitrogen and oxygen atoms in total. The Balaban J connectivity index is 1.69. The summed E-state index contributed by atoms with van der Waals surface area (Å²) in [6, 6.07) is 5.94. The zero-order chi connectivity index (χ0) is 15.0. The van der Waals surface area contributed by atoms with E-state index in [1.807, 2.05) is 35.0 Å². The van der Waals surface area contributed by atoms with Gasteiger partial charge in [-0.2, -0.15) is 0 Å². The highest BCUT2D eigenvalue weighted by molar-refractivity contribution is 5.60. The molecule has 0 spiro atoms. The lowest BCUT2D eigenvalue weighted by molar-refractivity contribution is 0.564. The lowest BCUT2D eigenvalue weighted by atomic mass is 10.0. The molecule has 3 aromatic heterocycles. The summed E-state index contributed by atoms with van der Waals surface area (Å²) in [5.74, 6) is 0.801. The van der Waals surface area contributed by atoms with Crippen molar-refractivity contribution in [3.63, 3.8) is 0 Å². The van der Waals surface area contributed by atoms with Crippen LogP contribution in [0.15, 0.2) is 43.0 Å². The van der Waals surface area contributed by atoms with E-state index in [0.717, 1.165) is 42.4 Å². The molecule has 1 aliphatic rings. The largest absolute Gasteiger partial charge is 0.362 e. The van der Waals surface area contributed by atoms with Crippen molar-refractivity contribution >= 4 is 11.5 Å². The number of fused-ring (bicyclic) bond motifs is 1. The molecule has 0 aliphatic carbocycles. The van der Waals surface area contributed by atoms with Crippen LogP contribution >= 0.6 is 0 Å². The SMILES string of the molecule is CC1(Nc2cncc(-c3cnc4ccccn34)n2)CCNC1. The molecule has 1 aliphatic heterocycles. The van der Waals surface area contributed by atoms with E-state index in [2.05, 4.69) is 27.5 Å². The fourth-order valence-corrected chi connectivity index (χ4v) is 2.90. The van der Waals surface area contributed by atoms with Gasteiger partial charge in [-0.05, 0) is 32.0 Å². The Morgan fingerprint density at radius 1 is 1.27 bits per heavy atom. The van der Waals surface area contributed by atoms with Crippen molar-refractivity contribution in [3.05, 3.63) is 43.0 Å². The molecule has 6 heteroatoms. The molecule has 2 N–H and O–H groups in total. The van der Waals surface area contributed by atoms with Gasteiger partial charge in [0.2, 0.25) is 0 Å². The molecule has 112 valence electrons. The Hall–Kier alpha value is -2.47. The second-order valence-electron chi connectivity index (χ2n) is 5.97. The third-order valence-electron chi connectivity index (χ3n) is 4.11. The molecule has 0 aromatic carbocycles. The molecule has 3 aromatic rings. The van der Waals surface area contributed by atoms with Crippen LogP contribution in [0.25, 0.3) is 17.0 Å². The maximum atomic E-state index is 4.71. The van der Waals surface area contributed by atoms with Crippen LogP contribution in [-0.2, 0) is 0 Å². The second-order valence-corrected chi connectivity index (χ2v) is 5.97. The van der Waals surface area contributed by atoms with Gasteiger partial charge in [0.05, 0.1) is 24.3 Å². The minimum atomic E-state index is 0.0345. The summed E-state index contributed by atoms with van der Waals surface area (Å²) in [4.78, 5) is 13.5. The van der Waals surface area contributed by atoms with E-state index >= 15 is 0 Å². The summed E-state index contributed by atoms with van der Waals surface area (Å²) in [7, 11) is 0. The normalized spacial score (nSPS) is 21.3. The summed E-state index contributed by atoms with van der Waals surface area (Å²) < 4.78 is 2.02. The quantitative estimate of drug-likeness (QED) is 0.773. The van der Waals surface area contributed by atoms with Crippen LogP contribution in [0.1, 0.15) is 13.3 Å². The van der Waals surface area contributed by atoms with Crippen LogP contribution in [0.4, 0.5) is 5.82 Å². The number of hydrogen-bond acceptors (Lipinski definition) is 5. The molecule has 4 rings (SSSR count). The van der Waals surface area contributed by atoms with E-state index in [-0.39, 0.29) is 5.54 Å². The van der Waals surface area contributed by atoms with Crippen molar-refractivity contribution < 1.29 is 0 Å². The summed E-state index contributed by atoms with van der Waals surface area (Å²) in [6.45, 7) is 4.17. The molecule has 0 bridgehead atoms. The average Bonchev–Trinajstić information content (AvgIpc) is 3.14. The molecule has 1 fully saturated rings. The predicted octanol–water partition coefficient (Wildman–Crippen LogP) is 1.96. The highest BCUT2D eigenvalue weighted by Gasteiger charge is 2.28. The van der Waals surface area contributed by atoms with Crippen molar-refractivity contribution in [3.8, 4) is 11.4 Å². The Labute approximate surface area is 128 Å². The summed E-state index contributed by atoms with van der Waals surface area (Å²) >= 11 is 0. The molecule has 0 amide bonds. The van der Waals surface area contributed by atoms with Gasteiger partial charge in [-0.3, -0.25) is 9.38 Å². The third kappa shape index (κ3) is 2.31. The molecule has 1 atom stereocenters. The second kappa shape index (κ2) is 5.06. The van der Waals surface area contributed by atoms with Crippen LogP contribution in [0.2, 0.25) is 0 Å². The summed E-state index contributed by atoms with van der Waals surface area (Å²) in [6.07, 6.45) is 8.45. The standard InChI is InChI=1S/C16H18N6/c1-16(5-6-17-11-16)21-14-10-18-8-12(20-14)13-9-19-15-4-2-3-7-22(13)15/h2-4,7-10,17H,5-6,11H2,1H3,(H,20,21).